The van der Waals surface area contributed by atoms with Crippen LogP contribution in [0.25, 0.3) is 0 Å². The second-order valence-electron chi connectivity index (χ2n) is 4.39. The monoisotopic (exact) mass is 227 g/mol. The molecule has 1 N–H and O–H groups in total. The van der Waals surface area contributed by atoms with E-state index in [4.69, 9.17) is 0 Å². The van der Waals surface area contributed by atoms with Crippen molar-refractivity contribution in [2.24, 2.45) is 0 Å². The Hall–Kier alpha value is -0.680. The number of likely N-dealkylation sites (N-methyl/N-ethyl adjacent to an activating group) is 1. The SMILES string of the molecule is Cc1nnc(N(C)CC2(O)CCCC2)s1. The summed E-state index contributed by atoms with van der Waals surface area (Å²) >= 11 is 1.57. The van der Waals surface area contributed by atoms with Gasteiger partial charge in [-0.2, -0.15) is 0 Å². The van der Waals surface area contributed by atoms with Crippen LogP contribution in [-0.2, 0) is 0 Å². The van der Waals surface area contributed by atoms with Crippen molar-refractivity contribution < 1.29 is 5.11 Å². The van der Waals surface area contributed by atoms with Crippen molar-refractivity contribution in [2.75, 3.05) is 18.5 Å². The predicted molar refractivity (Wildman–Crippen MR) is 61.3 cm³/mol. The molecule has 5 heteroatoms. The van der Waals surface area contributed by atoms with Crippen LogP contribution in [0.3, 0.4) is 0 Å². The van der Waals surface area contributed by atoms with Crippen molar-refractivity contribution in [2.45, 2.75) is 38.2 Å². The first-order chi connectivity index (χ1) is 7.09. The van der Waals surface area contributed by atoms with Gasteiger partial charge < -0.3 is 10.0 Å². The molecule has 1 aliphatic carbocycles. The maximum atomic E-state index is 10.2. The van der Waals surface area contributed by atoms with Crippen LogP contribution < -0.4 is 4.90 Å². The lowest BCUT2D eigenvalue weighted by Gasteiger charge is -2.27. The summed E-state index contributed by atoms with van der Waals surface area (Å²) in [7, 11) is 1.97. The number of anilines is 1. The van der Waals surface area contributed by atoms with Crippen LogP contribution in [0.15, 0.2) is 0 Å². The van der Waals surface area contributed by atoms with Crippen molar-refractivity contribution in [1.82, 2.24) is 10.2 Å². The Bertz CT molecular complexity index is 333. The van der Waals surface area contributed by atoms with E-state index in [9.17, 15) is 5.11 Å². The normalized spacial score (nSPS) is 19.4. The molecule has 1 heterocycles. The molecule has 1 aliphatic rings. The van der Waals surface area contributed by atoms with Gasteiger partial charge in [0.05, 0.1) is 5.60 Å². The second kappa shape index (κ2) is 4.06. The van der Waals surface area contributed by atoms with Crippen LogP contribution in [0.2, 0.25) is 0 Å². The molecule has 0 bridgehead atoms. The number of aryl methyl sites for hydroxylation is 1. The molecule has 4 nitrogen and oxygen atoms in total. The zero-order valence-electron chi connectivity index (χ0n) is 9.23. The van der Waals surface area contributed by atoms with Crippen molar-refractivity contribution in [3.05, 3.63) is 5.01 Å². The van der Waals surface area contributed by atoms with Gasteiger partial charge >= 0.3 is 0 Å². The molecule has 1 saturated carbocycles. The first kappa shape index (κ1) is 10.8. The fraction of sp³-hybridized carbons (Fsp3) is 0.800. The van der Waals surface area contributed by atoms with E-state index in [1.165, 1.54) is 0 Å². The number of aliphatic hydroxyl groups is 1. The van der Waals surface area contributed by atoms with Crippen LogP contribution in [-0.4, -0.2) is 34.5 Å². The van der Waals surface area contributed by atoms with Gasteiger partial charge in [0.25, 0.3) is 0 Å². The van der Waals surface area contributed by atoms with Gasteiger partial charge in [0.15, 0.2) is 0 Å². The van der Waals surface area contributed by atoms with Crippen molar-refractivity contribution in [3.63, 3.8) is 0 Å². The summed E-state index contributed by atoms with van der Waals surface area (Å²) in [5, 5.41) is 20.2. The lowest BCUT2D eigenvalue weighted by Crippen LogP contribution is -2.39. The fourth-order valence-electron chi connectivity index (χ4n) is 2.14. The van der Waals surface area contributed by atoms with E-state index in [2.05, 4.69) is 10.2 Å². The second-order valence-corrected chi connectivity index (χ2v) is 5.55. The highest BCUT2D eigenvalue weighted by atomic mass is 32.1. The molecule has 0 spiro atoms. The maximum absolute atomic E-state index is 10.2. The van der Waals surface area contributed by atoms with Gasteiger partial charge in [-0.05, 0) is 19.8 Å². The molecule has 2 rings (SSSR count). The van der Waals surface area contributed by atoms with E-state index >= 15 is 0 Å². The molecule has 0 unspecified atom stereocenters. The number of nitrogens with zero attached hydrogens (tertiary/aromatic N) is 3. The van der Waals surface area contributed by atoms with Crippen LogP contribution in [0, 0.1) is 6.92 Å². The average Bonchev–Trinajstić information content (AvgIpc) is 2.75. The first-order valence-electron chi connectivity index (χ1n) is 5.33. The fourth-order valence-corrected chi connectivity index (χ4v) is 2.79. The standard InChI is InChI=1S/C10H17N3OS/c1-8-11-12-9(15-8)13(2)7-10(14)5-3-4-6-10/h14H,3-7H2,1-2H3. The Kier molecular flexibility index (Phi) is 2.93. The van der Waals surface area contributed by atoms with E-state index < -0.39 is 5.60 Å². The predicted octanol–water partition coefficient (Wildman–Crippen LogP) is 1.59. The van der Waals surface area contributed by atoms with Crippen molar-refractivity contribution in [1.29, 1.82) is 0 Å². The highest BCUT2D eigenvalue weighted by Gasteiger charge is 2.32. The molecule has 1 fully saturated rings. The molecule has 0 atom stereocenters. The van der Waals surface area contributed by atoms with Gasteiger partial charge in [-0.3, -0.25) is 0 Å². The van der Waals surface area contributed by atoms with E-state index in [-0.39, 0.29) is 0 Å². The summed E-state index contributed by atoms with van der Waals surface area (Å²) in [5.74, 6) is 0. The van der Waals surface area contributed by atoms with Gasteiger partial charge in [0, 0.05) is 13.6 Å². The Balaban J connectivity index is 2.00. The maximum Gasteiger partial charge on any atom is 0.208 e. The van der Waals surface area contributed by atoms with Gasteiger partial charge in [-0.15, -0.1) is 10.2 Å². The first-order valence-corrected chi connectivity index (χ1v) is 6.14. The Labute approximate surface area is 93.9 Å². The van der Waals surface area contributed by atoms with Gasteiger partial charge in [-0.1, -0.05) is 24.2 Å². The zero-order chi connectivity index (χ0) is 10.9. The van der Waals surface area contributed by atoms with Crippen LogP contribution >= 0.6 is 11.3 Å². The summed E-state index contributed by atoms with van der Waals surface area (Å²) in [6.07, 6.45) is 4.10. The molecule has 0 aliphatic heterocycles. The molecule has 1 aromatic heterocycles. The lowest BCUT2D eigenvalue weighted by atomic mass is 10.0. The minimum absolute atomic E-state index is 0.506. The quantitative estimate of drug-likeness (QED) is 0.852. The minimum Gasteiger partial charge on any atom is -0.388 e. The van der Waals surface area contributed by atoms with E-state index in [1.54, 1.807) is 11.3 Å². The van der Waals surface area contributed by atoms with Crippen molar-refractivity contribution >= 4 is 16.5 Å². The molecule has 1 aromatic rings. The lowest BCUT2D eigenvalue weighted by molar-refractivity contribution is 0.0559. The zero-order valence-corrected chi connectivity index (χ0v) is 10.0. The molecule has 0 amide bonds. The van der Waals surface area contributed by atoms with E-state index in [0.717, 1.165) is 35.8 Å². The van der Waals surface area contributed by atoms with Gasteiger partial charge in [-0.25, -0.2) is 0 Å². The smallest absolute Gasteiger partial charge is 0.208 e. The minimum atomic E-state index is -0.506. The number of aromatic nitrogens is 2. The molecular weight excluding hydrogens is 210 g/mol. The molecule has 0 saturated heterocycles. The van der Waals surface area contributed by atoms with Crippen LogP contribution in [0.4, 0.5) is 5.13 Å². The topological polar surface area (TPSA) is 49.2 Å². The van der Waals surface area contributed by atoms with E-state index in [1.807, 2.05) is 18.9 Å². The Morgan fingerprint density at radius 3 is 2.60 bits per heavy atom. The molecule has 84 valence electrons. The third-order valence-corrected chi connectivity index (χ3v) is 3.86. The van der Waals surface area contributed by atoms with Crippen molar-refractivity contribution in [3.8, 4) is 0 Å². The highest BCUT2D eigenvalue weighted by Crippen LogP contribution is 2.31. The summed E-state index contributed by atoms with van der Waals surface area (Å²) < 4.78 is 0. The summed E-state index contributed by atoms with van der Waals surface area (Å²) in [6.45, 7) is 2.61. The highest BCUT2D eigenvalue weighted by molar-refractivity contribution is 7.15. The van der Waals surface area contributed by atoms with Gasteiger partial charge in [0.1, 0.15) is 5.01 Å². The molecular formula is C10H17N3OS. The Morgan fingerprint density at radius 2 is 2.07 bits per heavy atom. The molecule has 0 radical (unpaired) electrons. The van der Waals surface area contributed by atoms with Crippen LogP contribution in [0.1, 0.15) is 30.7 Å². The number of hydrogen-bond acceptors (Lipinski definition) is 5. The van der Waals surface area contributed by atoms with Crippen LogP contribution in [0.5, 0.6) is 0 Å². The van der Waals surface area contributed by atoms with Gasteiger partial charge in [0.2, 0.25) is 5.13 Å². The number of rotatable bonds is 3. The third-order valence-electron chi connectivity index (χ3n) is 2.91. The third kappa shape index (κ3) is 2.46. The van der Waals surface area contributed by atoms with E-state index in [0.29, 0.717) is 6.54 Å². The summed E-state index contributed by atoms with van der Waals surface area (Å²) in [4.78, 5) is 2.01. The average molecular weight is 227 g/mol. The Morgan fingerprint density at radius 1 is 1.40 bits per heavy atom. The summed E-state index contributed by atoms with van der Waals surface area (Å²) in [6, 6.07) is 0. The molecule has 0 aromatic carbocycles. The largest absolute Gasteiger partial charge is 0.388 e. The summed E-state index contributed by atoms with van der Waals surface area (Å²) in [5.41, 5.74) is -0.506. The number of hydrogen-bond donors (Lipinski definition) is 1. The molecule has 15 heavy (non-hydrogen) atoms.